The van der Waals surface area contributed by atoms with Crippen LogP contribution in [0.1, 0.15) is 17.3 Å². The summed E-state index contributed by atoms with van der Waals surface area (Å²) in [7, 11) is 0. The fraction of sp³-hybridized carbons (Fsp3) is 0.0667. The molecule has 0 aliphatic heterocycles. The minimum absolute atomic E-state index is 0.250. The Morgan fingerprint density at radius 3 is 2.45 bits per heavy atom. The molecular formula is C15H12INO3. The predicted octanol–water partition coefficient (Wildman–Crippen LogP) is 3.47. The van der Waals surface area contributed by atoms with Gasteiger partial charge in [-0.05, 0) is 65.1 Å². The first-order chi connectivity index (χ1) is 9.54. The number of nitrogens with one attached hydrogen (secondary N) is 1. The molecule has 0 unspecified atom stereocenters. The maximum Gasteiger partial charge on any atom is 0.308 e. The highest BCUT2D eigenvalue weighted by Gasteiger charge is 2.08. The van der Waals surface area contributed by atoms with Gasteiger partial charge in [-0.15, -0.1) is 0 Å². The van der Waals surface area contributed by atoms with Gasteiger partial charge in [-0.1, -0.05) is 6.07 Å². The van der Waals surface area contributed by atoms with E-state index < -0.39 is 5.97 Å². The Kier molecular flexibility index (Phi) is 4.73. The van der Waals surface area contributed by atoms with Crippen LogP contribution in [0.4, 0.5) is 5.69 Å². The average Bonchev–Trinajstić information content (AvgIpc) is 2.41. The standard InChI is InChI=1S/C15H12INO3/c1-10(18)20-14-4-2-3-11(9-14)15(19)17-13-7-5-12(16)6-8-13/h2-9H,1H3,(H,17,19). The van der Waals surface area contributed by atoms with E-state index in [0.29, 0.717) is 17.0 Å². The van der Waals surface area contributed by atoms with Crippen molar-refractivity contribution in [2.75, 3.05) is 5.32 Å². The van der Waals surface area contributed by atoms with Crippen LogP contribution in [0.5, 0.6) is 5.75 Å². The highest BCUT2D eigenvalue weighted by atomic mass is 127. The molecule has 4 nitrogen and oxygen atoms in total. The summed E-state index contributed by atoms with van der Waals surface area (Å²) >= 11 is 2.20. The normalized spacial score (nSPS) is 9.90. The molecule has 0 fully saturated rings. The van der Waals surface area contributed by atoms with Gasteiger partial charge in [0.2, 0.25) is 0 Å². The number of ether oxygens (including phenoxy) is 1. The molecule has 0 aliphatic carbocycles. The third-order valence-electron chi connectivity index (χ3n) is 2.46. The first-order valence-corrected chi connectivity index (χ1v) is 6.98. The summed E-state index contributed by atoms with van der Waals surface area (Å²) in [5.74, 6) is -0.312. The fourth-order valence-corrected chi connectivity index (χ4v) is 1.96. The minimum Gasteiger partial charge on any atom is -0.427 e. The summed E-state index contributed by atoms with van der Waals surface area (Å²) in [5, 5.41) is 2.78. The summed E-state index contributed by atoms with van der Waals surface area (Å²) in [6.45, 7) is 1.32. The molecule has 0 spiro atoms. The van der Waals surface area contributed by atoms with Crippen molar-refractivity contribution < 1.29 is 14.3 Å². The smallest absolute Gasteiger partial charge is 0.308 e. The maximum absolute atomic E-state index is 12.1. The van der Waals surface area contributed by atoms with Crippen LogP contribution in [0.3, 0.4) is 0 Å². The first-order valence-electron chi connectivity index (χ1n) is 5.90. The minimum atomic E-state index is -0.416. The quantitative estimate of drug-likeness (QED) is 0.503. The second-order valence-electron chi connectivity index (χ2n) is 4.08. The van der Waals surface area contributed by atoms with Gasteiger partial charge < -0.3 is 10.1 Å². The molecule has 2 aromatic rings. The lowest BCUT2D eigenvalue weighted by Gasteiger charge is -2.07. The Labute approximate surface area is 130 Å². The second-order valence-corrected chi connectivity index (χ2v) is 5.33. The second kappa shape index (κ2) is 6.51. The lowest BCUT2D eigenvalue weighted by molar-refractivity contribution is -0.131. The fourth-order valence-electron chi connectivity index (χ4n) is 1.60. The number of carbonyl (C=O) groups excluding carboxylic acids is 2. The molecule has 0 saturated heterocycles. The van der Waals surface area contributed by atoms with Gasteiger partial charge in [0.05, 0.1) is 0 Å². The number of hydrogen-bond acceptors (Lipinski definition) is 3. The lowest BCUT2D eigenvalue weighted by atomic mass is 10.2. The van der Waals surface area contributed by atoms with Crippen molar-refractivity contribution in [2.24, 2.45) is 0 Å². The van der Waals surface area contributed by atoms with E-state index in [1.54, 1.807) is 18.2 Å². The highest BCUT2D eigenvalue weighted by molar-refractivity contribution is 14.1. The van der Waals surface area contributed by atoms with Crippen LogP contribution >= 0.6 is 22.6 Å². The summed E-state index contributed by atoms with van der Waals surface area (Å²) in [6, 6.07) is 14.0. The molecule has 102 valence electrons. The van der Waals surface area contributed by atoms with Crippen molar-refractivity contribution in [3.8, 4) is 5.75 Å². The van der Waals surface area contributed by atoms with Crippen LogP contribution in [0, 0.1) is 3.57 Å². The van der Waals surface area contributed by atoms with E-state index >= 15 is 0 Å². The van der Waals surface area contributed by atoms with Gasteiger partial charge in [-0.2, -0.15) is 0 Å². The SMILES string of the molecule is CC(=O)Oc1cccc(C(=O)Nc2ccc(I)cc2)c1. The van der Waals surface area contributed by atoms with E-state index in [-0.39, 0.29) is 5.91 Å². The molecule has 0 bridgehead atoms. The van der Waals surface area contributed by atoms with Crippen molar-refractivity contribution in [1.82, 2.24) is 0 Å². The van der Waals surface area contributed by atoms with Crippen LogP contribution in [0.2, 0.25) is 0 Å². The predicted molar refractivity (Wildman–Crippen MR) is 84.9 cm³/mol. The number of benzene rings is 2. The summed E-state index contributed by atoms with van der Waals surface area (Å²) in [6.07, 6.45) is 0. The maximum atomic E-state index is 12.1. The Morgan fingerprint density at radius 2 is 1.80 bits per heavy atom. The summed E-state index contributed by atoms with van der Waals surface area (Å²) in [4.78, 5) is 23.0. The van der Waals surface area contributed by atoms with Crippen LogP contribution < -0.4 is 10.1 Å². The first kappa shape index (κ1) is 14.5. The van der Waals surface area contributed by atoms with Crippen LogP contribution in [-0.2, 0) is 4.79 Å². The molecule has 0 atom stereocenters. The average molecular weight is 381 g/mol. The van der Waals surface area contributed by atoms with E-state index in [0.717, 1.165) is 3.57 Å². The molecule has 0 saturated carbocycles. The Balaban J connectivity index is 2.12. The molecule has 0 radical (unpaired) electrons. The van der Waals surface area contributed by atoms with Crippen LogP contribution in [0.25, 0.3) is 0 Å². The van der Waals surface area contributed by atoms with Crippen molar-refractivity contribution in [1.29, 1.82) is 0 Å². The lowest BCUT2D eigenvalue weighted by Crippen LogP contribution is -2.12. The highest BCUT2D eigenvalue weighted by Crippen LogP contribution is 2.16. The van der Waals surface area contributed by atoms with Gasteiger partial charge in [0, 0.05) is 21.7 Å². The number of rotatable bonds is 3. The van der Waals surface area contributed by atoms with Crippen molar-refractivity contribution in [3.63, 3.8) is 0 Å². The van der Waals surface area contributed by atoms with E-state index in [1.165, 1.54) is 13.0 Å². The summed E-state index contributed by atoms with van der Waals surface area (Å²) < 4.78 is 6.05. The third kappa shape index (κ3) is 4.06. The number of hydrogen-bond donors (Lipinski definition) is 1. The molecule has 2 rings (SSSR count). The van der Waals surface area contributed by atoms with Crippen molar-refractivity contribution in [2.45, 2.75) is 6.92 Å². The number of esters is 1. The Hall–Kier alpha value is -1.89. The van der Waals surface area contributed by atoms with Gasteiger partial charge in [-0.25, -0.2) is 0 Å². The third-order valence-corrected chi connectivity index (χ3v) is 3.18. The monoisotopic (exact) mass is 381 g/mol. The Morgan fingerprint density at radius 1 is 1.10 bits per heavy atom. The van der Waals surface area contributed by atoms with Crippen molar-refractivity contribution >= 4 is 40.2 Å². The van der Waals surface area contributed by atoms with Crippen LogP contribution in [-0.4, -0.2) is 11.9 Å². The number of anilines is 1. The molecule has 0 heterocycles. The molecular weight excluding hydrogens is 369 g/mol. The van der Waals surface area contributed by atoms with Crippen molar-refractivity contribution in [3.05, 3.63) is 57.7 Å². The topological polar surface area (TPSA) is 55.4 Å². The van der Waals surface area contributed by atoms with E-state index in [2.05, 4.69) is 27.9 Å². The van der Waals surface area contributed by atoms with E-state index in [4.69, 9.17) is 4.74 Å². The number of halogens is 1. The molecule has 0 aromatic heterocycles. The zero-order valence-electron chi connectivity index (χ0n) is 10.7. The van der Waals surface area contributed by atoms with Gasteiger partial charge >= 0.3 is 5.97 Å². The molecule has 0 aliphatic rings. The van der Waals surface area contributed by atoms with Gasteiger partial charge in [0.25, 0.3) is 5.91 Å². The number of carbonyl (C=O) groups is 2. The van der Waals surface area contributed by atoms with Gasteiger partial charge in [0.1, 0.15) is 5.75 Å². The molecule has 2 aromatic carbocycles. The molecule has 20 heavy (non-hydrogen) atoms. The van der Waals surface area contributed by atoms with Gasteiger partial charge in [-0.3, -0.25) is 9.59 Å². The largest absolute Gasteiger partial charge is 0.427 e. The van der Waals surface area contributed by atoms with Crippen LogP contribution in [0.15, 0.2) is 48.5 Å². The molecule has 5 heteroatoms. The van der Waals surface area contributed by atoms with Gasteiger partial charge in [0.15, 0.2) is 0 Å². The van der Waals surface area contributed by atoms with E-state index in [9.17, 15) is 9.59 Å². The Bertz CT molecular complexity index is 638. The summed E-state index contributed by atoms with van der Waals surface area (Å²) in [5.41, 5.74) is 1.15. The molecule has 1 amide bonds. The number of amides is 1. The molecule has 1 N–H and O–H groups in total. The zero-order chi connectivity index (χ0) is 14.5. The van der Waals surface area contributed by atoms with E-state index in [1.807, 2.05) is 24.3 Å². The zero-order valence-corrected chi connectivity index (χ0v) is 12.9.